The Morgan fingerprint density at radius 2 is 1.93 bits per heavy atom. The minimum absolute atomic E-state index is 0.0268. The zero-order valence-electron chi connectivity index (χ0n) is 17.1. The number of carbonyl (C=O) groups excluding carboxylic acids is 2. The van der Waals surface area contributed by atoms with Gasteiger partial charge in [-0.3, -0.25) is 24.5 Å². The highest BCUT2D eigenvalue weighted by Crippen LogP contribution is 2.27. The first-order valence-corrected chi connectivity index (χ1v) is 11.6. The van der Waals surface area contributed by atoms with Gasteiger partial charge in [-0.15, -0.1) is 11.3 Å². The van der Waals surface area contributed by atoms with Gasteiger partial charge in [-0.2, -0.15) is 0 Å². The number of carbonyl (C=O) groups is 2. The van der Waals surface area contributed by atoms with Gasteiger partial charge in [-0.05, 0) is 12.8 Å². The van der Waals surface area contributed by atoms with Crippen LogP contribution in [0.4, 0.5) is 0 Å². The van der Waals surface area contributed by atoms with Gasteiger partial charge in [-0.1, -0.05) is 12.8 Å². The van der Waals surface area contributed by atoms with Crippen LogP contribution in [0, 0.1) is 5.92 Å². The van der Waals surface area contributed by atoms with Crippen molar-refractivity contribution in [1.29, 1.82) is 0 Å². The fourth-order valence-electron chi connectivity index (χ4n) is 4.12. The van der Waals surface area contributed by atoms with Crippen LogP contribution in [0.5, 0.6) is 0 Å². The van der Waals surface area contributed by atoms with Crippen LogP contribution in [0.15, 0.2) is 24.0 Å². The first kappa shape index (κ1) is 20.9. The van der Waals surface area contributed by atoms with Crippen LogP contribution in [-0.2, 0) is 16.0 Å². The fourth-order valence-corrected chi connectivity index (χ4v) is 4.90. The second-order valence-electron chi connectivity index (χ2n) is 7.91. The molecule has 1 saturated carbocycles. The maximum atomic E-state index is 12.5. The van der Waals surface area contributed by atoms with Gasteiger partial charge in [0.2, 0.25) is 11.8 Å². The Morgan fingerprint density at radius 1 is 1.13 bits per heavy atom. The SMILES string of the molecule is O=C(Cc1csc(-c2cnccn2)n1)NCCN1CCN(C(=O)C2CCCC2)CC1. The predicted octanol–water partition coefficient (Wildman–Crippen LogP) is 1.59. The average molecular weight is 429 g/mol. The standard InChI is InChI=1S/C21H28N6O2S/c28-19(13-17-15-30-20(25-17)18-14-22-5-6-23-18)24-7-8-26-9-11-27(12-10-26)21(29)16-3-1-2-4-16/h5-6,14-16H,1-4,7-13H2,(H,24,28). The number of aromatic nitrogens is 3. The van der Waals surface area contributed by atoms with E-state index in [1.54, 1.807) is 18.6 Å². The molecular weight excluding hydrogens is 400 g/mol. The summed E-state index contributed by atoms with van der Waals surface area (Å²) in [5.74, 6) is 0.585. The third-order valence-corrected chi connectivity index (χ3v) is 6.73. The number of hydrogen-bond acceptors (Lipinski definition) is 7. The quantitative estimate of drug-likeness (QED) is 0.720. The second kappa shape index (κ2) is 10.1. The van der Waals surface area contributed by atoms with Gasteiger partial charge in [0.05, 0.1) is 18.3 Å². The molecule has 30 heavy (non-hydrogen) atoms. The van der Waals surface area contributed by atoms with Gasteiger partial charge in [0, 0.05) is 63.0 Å². The Kier molecular flexibility index (Phi) is 7.01. The molecule has 1 N–H and O–H groups in total. The van der Waals surface area contributed by atoms with E-state index in [0.717, 1.165) is 62.0 Å². The van der Waals surface area contributed by atoms with Gasteiger partial charge in [-0.25, -0.2) is 4.98 Å². The number of rotatable bonds is 7. The maximum Gasteiger partial charge on any atom is 0.226 e. The molecular formula is C21H28N6O2S. The molecule has 2 aliphatic rings. The highest BCUT2D eigenvalue weighted by molar-refractivity contribution is 7.13. The number of piperazine rings is 1. The molecule has 1 saturated heterocycles. The van der Waals surface area contributed by atoms with Crippen LogP contribution >= 0.6 is 11.3 Å². The Hall–Kier alpha value is -2.39. The minimum Gasteiger partial charge on any atom is -0.354 e. The number of amides is 2. The fraction of sp³-hybridized carbons (Fsp3) is 0.571. The lowest BCUT2D eigenvalue weighted by Gasteiger charge is -2.36. The summed E-state index contributed by atoms with van der Waals surface area (Å²) in [5.41, 5.74) is 1.47. The molecule has 0 atom stereocenters. The lowest BCUT2D eigenvalue weighted by molar-refractivity contribution is -0.137. The summed E-state index contributed by atoms with van der Waals surface area (Å²) in [6.07, 6.45) is 9.70. The number of nitrogens with one attached hydrogen (secondary N) is 1. The average Bonchev–Trinajstić information content (AvgIpc) is 3.47. The Labute approximate surface area is 180 Å². The summed E-state index contributed by atoms with van der Waals surface area (Å²) < 4.78 is 0. The van der Waals surface area contributed by atoms with E-state index in [4.69, 9.17) is 0 Å². The van der Waals surface area contributed by atoms with E-state index in [1.165, 1.54) is 24.2 Å². The molecule has 8 nitrogen and oxygen atoms in total. The Bertz CT molecular complexity index is 844. The first-order valence-electron chi connectivity index (χ1n) is 10.7. The second-order valence-corrected chi connectivity index (χ2v) is 8.77. The third-order valence-electron chi connectivity index (χ3n) is 5.81. The van der Waals surface area contributed by atoms with Crippen molar-refractivity contribution in [3.05, 3.63) is 29.7 Å². The van der Waals surface area contributed by atoms with E-state index in [9.17, 15) is 9.59 Å². The van der Waals surface area contributed by atoms with Crippen LogP contribution in [-0.4, -0.2) is 75.8 Å². The molecule has 0 bridgehead atoms. The molecule has 2 amide bonds. The van der Waals surface area contributed by atoms with Crippen molar-refractivity contribution in [2.24, 2.45) is 5.92 Å². The van der Waals surface area contributed by atoms with Crippen molar-refractivity contribution in [3.8, 4) is 10.7 Å². The van der Waals surface area contributed by atoms with Crippen molar-refractivity contribution in [2.75, 3.05) is 39.3 Å². The van der Waals surface area contributed by atoms with Crippen LogP contribution in [0.3, 0.4) is 0 Å². The van der Waals surface area contributed by atoms with Crippen LogP contribution in [0.1, 0.15) is 31.4 Å². The Morgan fingerprint density at radius 3 is 2.67 bits per heavy atom. The predicted molar refractivity (Wildman–Crippen MR) is 115 cm³/mol. The summed E-state index contributed by atoms with van der Waals surface area (Å²) in [6, 6.07) is 0. The molecule has 1 aliphatic carbocycles. The summed E-state index contributed by atoms with van der Waals surface area (Å²) in [7, 11) is 0. The van der Waals surface area contributed by atoms with E-state index in [2.05, 4.69) is 25.2 Å². The number of nitrogens with zero attached hydrogens (tertiary/aromatic N) is 5. The molecule has 0 radical (unpaired) electrons. The van der Waals surface area contributed by atoms with Crippen molar-refractivity contribution < 1.29 is 9.59 Å². The van der Waals surface area contributed by atoms with Gasteiger partial charge in [0.1, 0.15) is 10.7 Å². The van der Waals surface area contributed by atoms with Gasteiger partial charge >= 0.3 is 0 Å². The molecule has 1 aliphatic heterocycles. The third kappa shape index (κ3) is 5.40. The monoisotopic (exact) mass is 428 g/mol. The highest BCUT2D eigenvalue weighted by Gasteiger charge is 2.29. The topological polar surface area (TPSA) is 91.3 Å². The smallest absolute Gasteiger partial charge is 0.226 e. The van der Waals surface area contributed by atoms with Crippen molar-refractivity contribution >= 4 is 23.2 Å². The molecule has 0 spiro atoms. The molecule has 4 rings (SSSR count). The zero-order valence-corrected chi connectivity index (χ0v) is 17.9. The van der Waals surface area contributed by atoms with Crippen LogP contribution in [0.2, 0.25) is 0 Å². The molecule has 3 heterocycles. The van der Waals surface area contributed by atoms with E-state index in [-0.39, 0.29) is 18.2 Å². The zero-order chi connectivity index (χ0) is 20.8. The van der Waals surface area contributed by atoms with Crippen molar-refractivity contribution in [3.63, 3.8) is 0 Å². The molecule has 160 valence electrons. The minimum atomic E-state index is -0.0268. The van der Waals surface area contributed by atoms with E-state index in [0.29, 0.717) is 12.5 Å². The molecule has 9 heteroatoms. The van der Waals surface area contributed by atoms with Crippen LogP contribution < -0.4 is 5.32 Å². The van der Waals surface area contributed by atoms with Crippen LogP contribution in [0.25, 0.3) is 10.7 Å². The maximum absolute atomic E-state index is 12.5. The lowest BCUT2D eigenvalue weighted by atomic mass is 10.1. The first-order chi connectivity index (χ1) is 14.7. The molecule has 0 aromatic carbocycles. The summed E-state index contributed by atoms with van der Waals surface area (Å²) >= 11 is 1.47. The van der Waals surface area contributed by atoms with Gasteiger partial charge in [0.25, 0.3) is 0 Å². The summed E-state index contributed by atoms with van der Waals surface area (Å²) in [6.45, 7) is 4.76. The molecule has 2 aromatic heterocycles. The Balaban J connectivity index is 1.14. The van der Waals surface area contributed by atoms with Crippen molar-refractivity contribution in [2.45, 2.75) is 32.1 Å². The van der Waals surface area contributed by atoms with E-state index >= 15 is 0 Å². The summed E-state index contributed by atoms with van der Waals surface area (Å²) in [4.78, 5) is 41.9. The highest BCUT2D eigenvalue weighted by atomic mass is 32.1. The number of hydrogen-bond donors (Lipinski definition) is 1. The lowest BCUT2D eigenvalue weighted by Crippen LogP contribution is -2.51. The van der Waals surface area contributed by atoms with E-state index < -0.39 is 0 Å². The summed E-state index contributed by atoms with van der Waals surface area (Å²) in [5, 5.41) is 5.65. The normalized spacial score (nSPS) is 17.9. The van der Waals surface area contributed by atoms with Gasteiger partial charge in [0.15, 0.2) is 0 Å². The largest absolute Gasteiger partial charge is 0.354 e. The number of thiazole rings is 1. The molecule has 2 fully saturated rings. The molecule has 2 aromatic rings. The van der Waals surface area contributed by atoms with E-state index in [1.807, 2.05) is 10.3 Å². The molecule has 0 unspecified atom stereocenters. The van der Waals surface area contributed by atoms with Gasteiger partial charge < -0.3 is 10.2 Å². The van der Waals surface area contributed by atoms with Crippen molar-refractivity contribution in [1.82, 2.24) is 30.1 Å².